The third-order valence-electron chi connectivity index (χ3n) is 3.09. The zero-order valence-electron chi connectivity index (χ0n) is 9.04. The number of hydrogen-bond donors (Lipinski definition) is 0. The molecule has 0 radical (unpaired) electrons. The fourth-order valence-electron chi connectivity index (χ4n) is 2.28. The molecular weight excluding hydrogens is 210 g/mol. The molecule has 0 N–H and O–H groups in total. The van der Waals surface area contributed by atoms with Crippen LogP contribution in [0.2, 0.25) is 0 Å². The summed E-state index contributed by atoms with van der Waals surface area (Å²) in [7, 11) is 0. The monoisotopic (exact) mass is 227 g/mol. The predicted octanol–water partition coefficient (Wildman–Crippen LogP) is 3.58. The smallest absolute Gasteiger partial charge is 0.194 e. The molecule has 1 aromatic rings. The van der Waals surface area contributed by atoms with E-state index in [0.29, 0.717) is 5.88 Å². The Morgan fingerprint density at radius 1 is 1.40 bits per heavy atom. The fraction of sp³-hybridized carbons (Fsp3) is 0.750. The van der Waals surface area contributed by atoms with Gasteiger partial charge in [0.25, 0.3) is 0 Å². The summed E-state index contributed by atoms with van der Waals surface area (Å²) in [6.07, 6.45) is 10.3. The second-order valence-electron chi connectivity index (χ2n) is 4.37. The van der Waals surface area contributed by atoms with Crippen molar-refractivity contribution in [2.24, 2.45) is 5.92 Å². The molecule has 0 bridgehead atoms. The maximum Gasteiger partial charge on any atom is 0.194 e. The van der Waals surface area contributed by atoms with Crippen molar-refractivity contribution >= 4 is 11.6 Å². The van der Waals surface area contributed by atoms with Crippen molar-refractivity contribution in [1.29, 1.82) is 0 Å². The van der Waals surface area contributed by atoms with Gasteiger partial charge in [-0.05, 0) is 12.3 Å². The van der Waals surface area contributed by atoms with Crippen LogP contribution < -0.4 is 0 Å². The highest BCUT2D eigenvalue weighted by Gasteiger charge is 2.17. The third kappa shape index (κ3) is 3.23. The largest absolute Gasteiger partial charge is 0.446 e. The number of alkyl halides is 1. The Morgan fingerprint density at radius 3 is 2.93 bits per heavy atom. The Kier molecular flexibility index (Phi) is 4.07. The molecule has 2 nitrogen and oxygen atoms in total. The Bertz CT molecular complexity index is 292. The number of halogens is 1. The number of aryl methyl sites for hydroxylation is 1. The lowest BCUT2D eigenvalue weighted by molar-refractivity contribution is 0.414. The first-order chi connectivity index (χ1) is 7.38. The van der Waals surface area contributed by atoms with E-state index in [1.807, 2.05) is 6.20 Å². The molecule has 0 spiro atoms. The number of hydrogen-bond acceptors (Lipinski definition) is 2. The van der Waals surface area contributed by atoms with Gasteiger partial charge in [0.15, 0.2) is 5.89 Å². The Hall–Kier alpha value is -0.500. The van der Waals surface area contributed by atoms with Gasteiger partial charge in [-0.3, -0.25) is 0 Å². The zero-order valence-corrected chi connectivity index (χ0v) is 9.80. The maximum atomic E-state index is 5.68. The van der Waals surface area contributed by atoms with E-state index in [4.69, 9.17) is 16.0 Å². The minimum atomic E-state index is 0.681. The molecule has 0 amide bonds. The SMILES string of the molecule is ClCCCc1ncc(CC2CCCC2)o1. The second kappa shape index (κ2) is 5.55. The van der Waals surface area contributed by atoms with E-state index in [9.17, 15) is 0 Å². The Balaban J connectivity index is 1.83. The summed E-state index contributed by atoms with van der Waals surface area (Å²) in [4.78, 5) is 4.27. The summed E-state index contributed by atoms with van der Waals surface area (Å²) in [5, 5.41) is 0. The molecule has 1 aliphatic rings. The Morgan fingerprint density at radius 2 is 2.20 bits per heavy atom. The fourth-order valence-corrected chi connectivity index (χ4v) is 2.41. The van der Waals surface area contributed by atoms with Crippen LogP contribution >= 0.6 is 11.6 Å². The molecular formula is C12H18ClNO. The van der Waals surface area contributed by atoms with Crippen molar-refractivity contribution in [1.82, 2.24) is 4.98 Å². The molecule has 1 heterocycles. The van der Waals surface area contributed by atoms with Crippen LogP contribution in [0.3, 0.4) is 0 Å². The van der Waals surface area contributed by atoms with Crippen LogP contribution in [0, 0.1) is 5.92 Å². The van der Waals surface area contributed by atoms with Crippen LogP contribution in [0.25, 0.3) is 0 Å². The van der Waals surface area contributed by atoms with Crippen molar-refractivity contribution in [3.05, 3.63) is 17.8 Å². The molecule has 3 heteroatoms. The van der Waals surface area contributed by atoms with E-state index in [-0.39, 0.29) is 0 Å². The number of rotatable bonds is 5. The van der Waals surface area contributed by atoms with Gasteiger partial charge >= 0.3 is 0 Å². The summed E-state index contributed by atoms with van der Waals surface area (Å²) >= 11 is 5.63. The third-order valence-corrected chi connectivity index (χ3v) is 3.36. The van der Waals surface area contributed by atoms with Gasteiger partial charge in [0.05, 0.1) is 6.20 Å². The van der Waals surface area contributed by atoms with Gasteiger partial charge in [0, 0.05) is 18.7 Å². The van der Waals surface area contributed by atoms with Crippen molar-refractivity contribution in [3.8, 4) is 0 Å². The Labute approximate surface area is 96.0 Å². The van der Waals surface area contributed by atoms with Crippen molar-refractivity contribution in [3.63, 3.8) is 0 Å². The highest BCUT2D eigenvalue weighted by molar-refractivity contribution is 6.17. The summed E-state index contributed by atoms with van der Waals surface area (Å²) in [6.45, 7) is 0. The van der Waals surface area contributed by atoms with Crippen LogP contribution in [0.1, 0.15) is 43.8 Å². The van der Waals surface area contributed by atoms with Crippen molar-refractivity contribution in [2.45, 2.75) is 44.9 Å². The summed E-state index contributed by atoms with van der Waals surface area (Å²) in [6, 6.07) is 0. The van der Waals surface area contributed by atoms with Gasteiger partial charge in [0.1, 0.15) is 5.76 Å². The minimum absolute atomic E-state index is 0.681. The van der Waals surface area contributed by atoms with Gasteiger partial charge in [0.2, 0.25) is 0 Å². The van der Waals surface area contributed by atoms with Crippen LogP contribution in [0.5, 0.6) is 0 Å². The highest BCUT2D eigenvalue weighted by atomic mass is 35.5. The highest BCUT2D eigenvalue weighted by Crippen LogP contribution is 2.28. The lowest BCUT2D eigenvalue weighted by Gasteiger charge is -2.04. The zero-order chi connectivity index (χ0) is 10.5. The standard InChI is InChI=1S/C12H18ClNO/c13-7-3-6-12-14-9-11(15-12)8-10-4-1-2-5-10/h9-10H,1-8H2. The molecule has 1 aliphatic carbocycles. The lowest BCUT2D eigenvalue weighted by atomic mass is 10.0. The van der Waals surface area contributed by atoms with E-state index in [1.54, 1.807) is 0 Å². The summed E-state index contributed by atoms with van der Waals surface area (Å²) < 4.78 is 5.68. The average Bonchev–Trinajstić information content (AvgIpc) is 2.87. The first-order valence-electron chi connectivity index (χ1n) is 5.88. The normalized spacial score (nSPS) is 17.4. The molecule has 0 aromatic carbocycles. The van der Waals surface area contributed by atoms with Crippen molar-refractivity contribution < 1.29 is 4.42 Å². The molecule has 1 fully saturated rings. The molecule has 1 saturated carbocycles. The second-order valence-corrected chi connectivity index (χ2v) is 4.75. The molecule has 84 valence electrons. The first-order valence-corrected chi connectivity index (χ1v) is 6.41. The van der Waals surface area contributed by atoms with Gasteiger partial charge in [-0.25, -0.2) is 4.98 Å². The van der Waals surface area contributed by atoms with E-state index < -0.39 is 0 Å². The molecule has 0 saturated heterocycles. The van der Waals surface area contributed by atoms with Gasteiger partial charge < -0.3 is 4.42 Å². The number of aromatic nitrogens is 1. The molecule has 2 rings (SSSR count). The minimum Gasteiger partial charge on any atom is -0.446 e. The van der Waals surface area contributed by atoms with E-state index in [0.717, 1.165) is 36.8 Å². The molecule has 15 heavy (non-hydrogen) atoms. The summed E-state index contributed by atoms with van der Waals surface area (Å²) in [5.41, 5.74) is 0. The van der Waals surface area contributed by atoms with Crippen LogP contribution in [0.4, 0.5) is 0 Å². The van der Waals surface area contributed by atoms with E-state index in [2.05, 4.69) is 4.98 Å². The number of oxazole rings is 1. The predicted molar refractivity (Wildman–Crippen MR) is 61.2 cm³/mol. The molecule has 0 atom stereocenters. The van der Waals surface area contributed by atoms with Gasteiger partial charge in [-0.1, -0.05) is 25.7 Å². The molecule has 0 aliphatic heterocycles. The topological polar surface area (TPSA) is 26.0 Å². The van der Waals surface area contributed by atoms with Crippen LogP contribution in [0.15, 0.2) is 10.6 Å². The van der Waals surface area contributed by atoms with Crippen LogP contribution in [-0.2, 0) is 12.8 Å². The quantitative estimate of drug-likeness (QED) is 0.719. The maximum absolute atomic E-state index is 5.68. The molecule has 0 unspecified atom stereocenters. The van der Waals surface area contributed by atoms with Gasteiger partial charge in [-0.2, -0.15) is 0 Å². The van der Waals surface area contributed by atoms with E-state index >= 15 is 0 Å². The van der Waals surface area contributed by atoms with Gasteiger partial charge in [-0.15, -0.1) is 11.6 Å². The average molecular weight is 228 g/mol. The van der Waals surface area contributed by atoms with E-state index in [1.165, 1.54) is 25.7 Å². The van der Waals surface area contributed by atoms with Crippen LogP contribution in [-0.4, -0.2) is 10.9 Å². The van der Waals surface area contributed by atoms with Crippen molar-refractivity contribution in [2.75, 3.05) is 5.88 Å². The lowest BCUT2D eigenvalue weighted by Crippen LogP contribution is -1.96. The summed E-state index contributed by atoms with van der Waals surface area (Å²) in [5.74, 6) is 3.43. The number of nitrogens with zero attached hydrogens (tertiary/aromatic N) is 1. The molecule has 1 aromatic heterocycles. The first kappa shape index (κ1) is 11.0.